The fourth-order valence-electron chi connectivity index (χ4n) is 1.43. The topological polar surface area (TPSA) is 25.2 Å². The van der Waals surface area contributed by atoms with E-state index in [1.807, 2.05) is 18.2 Å². The van der Waals surface area contributed by atoms with Gasteiger partial charge in [0, 0.05) is 10.2 Å². The van der Waals surface area contributed by atoms with E-state index < -0.39 is 0 Å². The molecular weight excluding hydrogens is 334 g/mol. The first-order chi connectivity index (χ1) is 7.68. The van der Waals surface area contributed by atoms with Gasteiger partial charge in [0.1, 0.15) is 5.76 Å². The maximum Gasteiger partial charge on any atom is 0.136 e. The number of hydrogen-bond donors (Lipinski definition) is 1. The first kappa shape index (κ1) is 11.7. The molecule has 0 saturated heterocycles. The van der Waals surface area contributed by atoms with E-state index in [0.717, 1.165) is 20.4 Å². The highest BCUT2D eigenvalue weighted by Crippen LogP contribution is 2.25. The molecule has 0 unspecified atom stereocenters. The Labute approximate surface area is 111 Å². The van der Waals surface area contributed by atoms with Gasteiger partial charge in [-0.1, -0.05) is 22.0 Å². The highest BCUT2D eigenvalue weighted by Gasteiger charge is 2.05. The normalized spacial score (nSPS) is 10.4. The fraction of sp³-hybridized carbons (Fsp3) is 0.167. The third-order valence-corrected chi connectivity index (χ3v) is 3.96. The van der Waals surface area contributed by atoms with Crippen LogP contribution in [0.5, 0.6) is 0 Å². The van der Waals surface area contributed by atoms with Gasteiger partial charge in [0.2, 0.25) is 0 Å². The molecule has 1 heterocycles. The van der Waals surface area contributed by atoms with Crippen molar-refractivity contribution in [1.29, 1.82) is 0 Å². The van der Waals surface area contributed by atoms with E-state index in [1.165, 1.54) is 5.56 Å². The molecule has 2 nitrogen and oxygen atoms in total. The number of anilines is 1. The lowest BCUT2D eigenvalue weighted by molar-refractivity contribution is 0.516. The average molecular weight is 345 g/mol. The van der Waals surface area contributed by atoms with Crippen LogP contribution >= 0.6 is 31.9 Å². The van der Waals surface area contributed by atoms with Crippen LogP contribution in [0, 0.1) is 6.92 Å². The molecule has 0 aliphatic heterocycles. The van der Waals surface area contributed by atoms with E-state index >= 15 is 0 Å². The van der Waals surface area contributed by atoms with Crippen LogP contribution in [-0.4, -0.2) is 0 Å². The zero-order valence-electron chi connectivity index (χ0n) is 8.76. The molecule has 84 valence electrons. The van der Waals surface area contributed by atoms with E-state index in [1.54, 1.807) is 6.26 Å². The van der Waals surface area contributed by atoms with Gasteiger partial charge in [0.25, 0.3) is 0 Å². The van der Waals surface area contributed by atoms with E-state index in [4.69, 9.17) is 4.42 Å². The summed E-state index contributed by atoms with van der Waals surface area (Å²) in [6, 6.07) is 7.99. The van der Waals surface area contributed by atoms with Crippen molar-refractivity contribution in [2.75, 3.05) is 5.32 Å². The van der Waals surface area contributed by atoms with E-state index in [9.17, 15) is 0 Å². The lowest BCUT2D eigenvalue weighted by Crippen LogP contribution is -2.00. The van der Waals surface area contributed by atoms with Crippen LogP contribution in [0.25, 0.3) is 0 Å². The lowest BCUT2D eigenvalue weighted by Gasteiger charge is -2.09. The van der Waals surface area contributed by atoms with Crippen LogP contribution in [0.2, 0.25) is 0 Å². The van der Waals surface area contributed by atoms with E-state index in [2.05, 4.69) is 50.2 Å². The van der Waals surface area contributed by atoms with Crippen LogP contribution in [-0.2, 0) is 6.54 Å². The lowest BCUT2D eigenvalue weighted by atomic mass is 10.2. The quantitative estimate of drug-likeness (QED) is 0.871. The highest BCUT2D eigenvalue weighted by atomic mass is 79.9. The third-order valence-electron chi connectivity index (χ3n) is 2.40. The fourth-order valence-corrected chi connectivity index (χ4v) is 2.13. The Bertz CT molecular complexity index is 494. The van der Waals surface area contributed by atoms with Crippen LogP contribution in [0.15, 0.2) is 43.9 Å². The molecule has 2 aromatic rings. The second-order valence-corrected chi connectivity index (χ2v) is 5.17. The smallest absolute Gasteiger partial charge is 0.136 e. The molecule has 0 aliphatic carbocycles. The van der Waals surface area contributed by atoms with Crippen LogP contribution in [0.3, 0.4) is 0 Å². The maximum absolute atomic E-state index is 5.34. The van der Waals surface area contributed by atoms with Gasteiger partial charge < -0.3 is 9.73 Å². The molecule has 0 atom stereocenters. The number of nitrogens with one attached hydrogen (secondary N) is 1. The van der Waals surface area contributed by atoms with Crippen molar-refractivity contribution in [3.63, 3.8) is 0 Å². The minimum atomic E-state index is 0.672. The summed E-state index contributed by atoms with van der Waals surface area (Å²) >= 11 is 6.94. The van der Waals surface area contributed by atoms with Gasteiger partial charge >= 0.3 is 0 Å². The molecule has 1 aromatic heterocycles. The van der Waals surface area contributed by atoms with Crippen molar-refractivity contribution in [1.82, 2.24) is 0 Å². The largest absolute Gasteiger partial charge is 0.466 e. The number of halogens is 2. The molecule has 2 rings (SSSR count). The number of benzene rings is 1. The Morgan fingerprint density at radius 3 is 2.69 bits per heavy atom. The predicted molar refractivity (Wildman–Crippen MR) is 72.6 cm³/mol. The van der Waals surface area contributed by atoms with E-state index in [0.29, 0.717) is 6.54 Å². The molecular formula is C12H11Br2NO. The first-order valence-corrected chi connectivity index (χ1v) is 6.48. The molecule has 0 radical (unpaired) electrons. The predicted octanol–water partition coefficient (Wildman–Crippen LogP) is 4.73. The maximum atomic E-state index is 5.34. The summed E-state index contributed by atoms with van der Waals surface area (Å²) in [5, 5.41) is 3.34. The monoisotopic (exact) mass is 343 g/mol. The van der Waals surface area contributed by atoms with Gasteiger partial charge in [0.15, 0.2) is 0 Å². The molecule has 1 N–H and O–H groups in total. The van der Waals surface area contributed by atoms with Gasteiger partial charge in [0.05, 0.1) is 17.3 Å². The minimum absolute atomic E-state index is 0.672. The molecule has 0 spiro atoms. The van der Waals surface area contributed by atoms with Gasteiger partial charge in [-0.05, 0) is 46.6 Å². The van der Waals surface area contributed by atoms with E-state index in [-0.39, 0.29) is 0 Å². The van der Waals surface area contributed by atoms with Gasteiger partial charge in [-0.3, -0.25) is 0 Å². The van der Waals surface area contributed by atoms with Crippen molar-refractivity contribution >= 4 is 37.5 Å². The Hall–Kier alpha value is -0.740. The molecule has 0 amide bonds. The number of furan rings is 1. The minimum Gasteiger partial charge on any atom is -0.466 e. The summed E-state index contributed by atoms with van der Waals surface area (Å²) in [6.07, 6.45) is 1.68. The zero-order chi connectivity index (χ0) is 11.5. The summed E-state index contributed by atoms with van der Waals surface area (Å²) in [6.45, 7) is 2.74. The Morgan fingerprint density at radius 2 is 2.00 bits per heavy atom. The summed E-state index contributed by atoms with van der Waals surface area (Å²) in [5.41, 5.74) is 2.31. The Kier molecular flexibility index (Phi) is 3.71. The number of rotatable bonds is 3. The van der Waals surface area contributed by atoms with Crippen LogP contribution in [0.1, 0.15) is 11.3 Å². The Morgan fingerprint density at radius 1 is 1.19 bits per heavy atom. The molecule has 1 aromatic carbocycles. The van der Waals surface area contributed by atoms with Gasteiger partial charge in [-0.25, -0.2) is 0 Å². The van der Waals surface area contributed by atoms with Crippen molar-refractivity contribution in [2.24, 2.45) is 0 Å². The summed E-state index contributed by atoms with van der Waals surface area (Å²) in [4.78, 5) is 0. The van der Waals surface area contributed by atoms with Crippen molar-refractivity contribution in [2.45, 2.75) is 13.5 Å². The SMILES string of the molecule is Cc1c(Br)cccc1NCc1occc1Br. The zero-order valence-corrected chi connectivity index (χ0v) is 11.9. The summed E-state index contributed by atoms with van der Waals surface area (Å²) in [7, 11) is 0. The molecule has 0 fully saturated rings. The van der Waals surface area contributed by atoms with Crippen LogP contribution in [0.4, 0.5) is 5.69 Å². The van der Waals surface area contributed by atoms with Crippen molar-refractivity contribution in [3.8, 4) is 0 Å². The molecule has 0 aliphatic rings. The van der Waals surface area contributed by atoms with Crippen LogP contribution < -0.4 is 5.32 Å². The third kappa shape index (κ3) is 2.50. The highest BCUT2D eigenvalue weighted by molar-refractivity contribution is 9.10. The second-order valence-electron chi connectivity index (χ2n) is 3.46. The molecule has 16 heavy (non-hydrogen) atoms. The second kappa shape index (κ2) is 5.06. The first-order valence-electron chi connectivity index (χ1n) is 4.89. The molecule has 4 heteroatoms. The molecule has 0 saturated carbocycles. The summed E-state index contributed by atoms with van der Waals surface area (Å²) in [5.74, 6) is 0.902. The summed E-state index contributed by atoms with van der Waals surface area (Å²) < 4.78 is 7.44. The number of hydrogen-bond acceptors (Lipinski definition) is 2. The van der Waals surface area contributed by atoms with Crippen molar-refractivity contribution < 1.29 is 4.42 Å². The van der Waals surface area contributed by atoms with Crippen molar-refractivity contribution in [3.05, 3.63) is 50.8 Å². The van der Waals surface area contributed by atoms with Gasteiger partial charge in [-0.15, -0.1) is 0 Å². The van der Waals surface area contributed by atoms with Gasteiger partial charge in [-0.2, -0.15) is 0 Å². The average Bonchev–Trinajstić information content (AvgIpc) is 2.67. The standard InChI is InChI=1S/C12H11Br2NO/c1-8-9(13)3-2-4-11(8)15-7-12-10(14)5-6-16-12/h2-6,15H,7H2,1H3. The Balaban J connectivity index is 2.11. The molecule has 0 bridgehead atoms.